The van der Waals surface area contributed by atoms with E-state index in [1.807, 2.05) is 12.1 Å². The number of nitrogens with zero attached hydrogens (tertiary/aromatic N) is 4. The summed E-state index contributed by atoms with van der Waals surface area (Å²) in [4.78, 5) is 0. The molecule has 2 unspecified atom stereocenters. The average Bonchev–Trinajstić information content (AvgIpc) is 3.08. The molecule has 0 saturated carbocycles. The first-order chi connectivity index (χ1) is 10.3. The maximum absolute atomic E-state index is 5.63. The quantitative estimate of drug-likeness (QED) is 0.874. The summed E-state index contributed by atoms with van der Waals surface area (Å²) in [5.41, 5.74) is 2.13. The predicted octanol–water partition coefficient (Wildman–Crippen LogP) is 0.728. The Labute approximate surface area is 123 Å². The van der Waals surface area contributed by atoms with E-state index in [9.17, 15) is 0 Å². The number of hydrogen-bond donors (Lipinski definition) is 1. The molecule has 1 aliphatic rings. The Hall–Kier alpha value is -1.83. The highest BCUT2D eigenvalue weighted by molar-refractivity contribution is 5.35. The second-order valence-electron chi connectivity index (χ2n) is 5.05. The lowest BCUT2D eigenvalue weighted by atomic mass is 10.1. The van der Waals surface area contributed by atoms with E-state index in [-0.39, 0.29) is 12.1 Å². The molecule has 2 heterocycles. The number of ether oxygens (including phenoxy) is 2. The molecule has 1 N–H and O–H groups in total. The minimum absolute atomic E-state index is 0.129. The fourth-order valence-corrected chi connectivity index (χ4v) is 2.30. The van der Waals surface area contributed by atoms with Crippen LogP contribution in [-0.2, 0) is 9.47 Å². The molecule has 7 heteroatoms. The molecule has 1 saturated heterocycles. The van der Waals surface area contributed by atoms with E-state index in [1.54, 1.807) is 11.0 Å². The highest BCUT2D eigenvalue weighted by Crippen LogP contribution is 2.16. The van der Waals surface area contributed by atoms with Gasteiger partial charge in [-0.1, -0.05) is 12.1 Å². The zero-order valence-corrected chi connectivity index (χ0v) is 12.0. The lowest BCUT2D eigenvalue weighted by Crippen LogP contribution is -2.38. The van der Waals surface area contributed by atoms with E-state index in [1.165, 1.54) is 5.56 Å². The third-order valence-electron chi connectivity index (χ3n) is 3.52. The molecule has 0 amide bonds. The van der Waals surface area contributed by atoms with E-state index in [0.29, 0.717) is 19.8 Å². The van der Waals surface area contributed by atoms with Gasteiger partial charge in [-0.05, 0) is 35.0 Å². The Bertz CT molecular complexity index is 554. The van der Waals surface area contributed by atoms with Crippen LogP contribution < -0.4 is 5.32 Å². The van der Waals surface area contributed by atoms with Crippen LogP contribution in [0.15, 0.2) is 30.6 Å². The summed E-state index contributed by atoms with van der Waals surface area (Å²) in [7, 11) is 0. The van der Waals surface area contributed by atoms with Crippen LogP contribution in [0.2, 0.25) is 0 Å². The molecule has 1 fully saturated rings. The van der Waals surface area contributed by atoms with Gasteiger partial charge in [0, 0.05) is 12.6 Å². The molecule has 1 aromatic heterocycles. The summed E-state index contributed by atoms with van der Waals surface area (Å²) in [5, 5.41) is 14.7. The Morgan fingerprint density at radius 3 is 3.14 bits per heavy atom. The van der Waals surface area contributed by atoms with Crippen molar-refractivity contribution < 1.29 is 9.47 Å². The van der Waals surface area contributed by atoms with Crippen LogP contribution in [0, 0.1) is 0 Å². The van der Waals surface area contributed by atoms with Gasteiger partial charge >= 0.3 is 0 Å². The van der Waals surface area contributed by atoms with Gasteiger partial charge < -0.3 is 14.8 Å². The van der Waals surface area contributed by atoms with Crippen molar-refractivity contribution >= 4 is 0 Å². The maximum Gasteiger partial charge on any atom is 0.143 e. The lowest BCUT2D eigenvalue weighted by molar-refractivity contribution is -0.0869. The number of hydrogen-bond acceptors (Lipinski definition) is 6. The fourth-order valence-electron chi connectivity index (χ4n) is 2.30. The topological polar surface area (TPSA) is 74.1 Å². The summed E-state index contributed by atoms with van der Waals surface area (Å²) in [6.07, 6.45) is 1.72. The van der Waals surface area contributed by atoms with Crippen molar-refractivity contribution in [3.8, 4) is 5.69 Å². The summed E-state index contributed by atoms with van der Waals surface area (Å²) < 4.78 is 12.7. The van der Waals surface area contributed by atoms with E-state index < -0.39 is 0 Å². The third-order valence-corrected chi connectivity index (χ3v) is 3.52. The van der Waals surface area contributed by atoms with Crippen LogP contribution in [-0.4, -0.2) is 52.7 Å². The molecule has 0 aliphatic carbocycles. The smallest absolute Gasteiger partial charge is 0.143 e. The minimum Gasteiger partial charge on any atom is -0.376 e. The molecular weight excluding hydrogens is 270 g/mol. The summed E-state index contributed by atoms with van der Waals surface area (Å²) in [6, 6.07) is 8.36. The van der Waals surface area contributed by atoms with Crippen molar-refractivity contribution in [1.29, 1.82) is 0 Å². The number of benzene rings is 1. The van der Waals surface area contributed by atoms with E-state index in [0.717, 1.165) is 12.2 Å². The first-order valence-corrected chi connectivity index (χ1v) is 7.09. The average molecular weight is 289 g/mol. The fraction of sp³-hybridized carbons (Fsp3) is 0.500. The van der Waals surface area contributed by atoms with Crippen molar-refractivity contribution in [2.45, 2.75) is 19.1 Å². The van der Waals surface area contributed by atoms with E-state index in [4.69, 9.17) is 9.47 Å². The summed E-state index contributed by atoms with van der Waals surface area (Å²) >= 11 is 0. The molecule has 0 spiro atoms. The first kappa shape index (κ1) is 14.1. The Kier molecular flexibility index (Phi) is 4.54. The van der Waals surface area contributed by atoms with Crippen molar-refractivity contribution in [3.63, 3.8) is 0 Å². The van der Waals surface area contributed by atoms with Crippen molar-refractivity contribution in [3.05, 3.63) is 36.2 Å². The van der Waals surface area contributed by atoms with Gasteiger partial charge in [0.1, 0.15) is 6.33 Å². The van der Waals surface area contributed by atoms with Crippen LogP contribution in [0.5, 0.6) is 0 Å². The molecule has 2 aromatic rings. The SMILES string of the molecule is CC(NCC1COCCO1)c1cccc(-n2cnnn2)c1. The normalized spacial score (nSPS) is 20.3. The third kappa shape index (κ3) is 3.63. The van der Waals surface area contributed by atoms with Gasteiger partial charge in [-0.3, -0.25) is 0 Å². The lowest BCUT2D eigenvalue weighted by Gasteiger charge is -2.25. The predicted molar refractivity (Wildman–Crippen MR) is 76.1 cm³/mol. The standard InChI is InChI=1S/C14H19N5O2/c1-11(15-8-14-9-20-5-6-21-14)12-3-2-4-13(7-12)19-10-16-17-18-19/h2-4,7,10-11,14-15H,5-6,8-9H2,1H3. The zero-order chi connectivity index (χ0) is 14.5. The second kappa shape index (κ2) is 6.75. The minimum atomic E-state index is 0.129. The van der Waals surface area contributed by atoms with E-state index >= 15 is 0 Å². The molecule has 1 aromatic carbocycles. The highest BCUT2D eigenvalue weighted by Gasteiger charge is 2.15. The van der Waals surface area contributed by atoms with Crippen LogP contribution in [0.4, 0.5) is 0 Å². The van der Waals surface area contributed by atoms with Crippen LogP contribution in [0.25, 0.3) is 5.69 Å². The zero-order valence-electron chi connectivity index (χ0n) is 12.0. The van der Waals surface area contributed by atoms with Gasteiger partial charge in [-0.15, -0.1) is 5.10 Å². The largest absolute Gasteiger partial charge is 0.376 e. The molecule has 0 radical (unpaired) electrons. The van der Waals surface area contributed by atoms with Gasteiger partial charge in [-0.25, -0.2) is 4.68 Å². The number of nitrogens with one attached hydrogen (secondary N) is 1. The number of tetrazole rings is 1. The van der Waals surface area contributed by atoms with Gasteiger partial charge in [0.2, 0.25) is 0 Å². The van der Waals surface area contributed by atoms with Crippen molar-refractivity contribution in [1.82, 2.24) is 25.5 Å². The van der Waals surface area contributed by atoms with E-state index in [2.05, 4.69) is 39.9 Å². The summed E-state index contributed by atoms with van der Waals surface area (Å²) in [5.74, 6) is 0. The number of aromatic nitrogens is 4. The Balaban J connectivity index is 1.61. The molecule has 2 atom stereocenters. The molecule has 7 nitrogen and oxygen atoms in total. The molecule has 3 rings (SSSR count). The molecular formula is C14H19N5O2. The molecule has 21 heavy (non-hydrogen) atoms. The maximum atomic E-state index is 5.63. The molecule has 112 valence electrons. The van der Waals surface area contributed by atoms with Crippen molar-refractivity contribution in [2.24, 2.45) is 0 Å². The van der Waals surface area contributed by atoms with Crippen LogP contribution in [0.1, 0.15) is 18.5 Å². The Morgan fingerprint density at radius 1 is 1.43 bits per heavy atom. The van der Waals surface area contributed by atoms with Crippen LogP contribution >= 0.6 is 0 Å². The second-order valence-corrected chi connectivity index (χ2v) is 5.05. The molecule has 0 bridgehead atoms. The van der Waals surface area contributed by atoms with Gasteiger partial charge in [-0.2, -0.15) is 0 Å². The first-order valence-electron chi connectivity index (χ1n) is 7.09. The van der Waals surface area contributed by atoms with Gasteiger partial charge in [0.25, 0.3) is 0 Å². The summed E-state index contributed by atoms with van der Waals surface area (Å²) in [6.45, 7) is 4.93. The van der Waals surface area contributed by atoms with Crippen LogP contribution in [0.3, 0.4) is 0 Å². The Morgan fingerprint density at radius 2 is 2.38 bits per heavy atom. The number of rotatable bonds is 5. The monoisotopic (exact) mass is 289 g/mol. The van der Waals surface area contributed by atoms with Gasteiger partial charge in [0.05, 0.1) is 31.6 Å². The van der Waals surface area contributed by atoms with Crippen molar-refractivity contribution in [2.75, 3.05) is 26.4 Å². The highest BCUT2D eigenvalue weighted by atomic mass is 16.6. The molecule has 1 aliphatic heterocycles. The van der Waals surface area contributed by atoms with Gasteiger partial charge in [0.15, 0.2) is 0 Å².